The summed E-state index contributed by atoms with van der Waals surface area (Å²) in [6, 6.07) is 0. The lowest BCUT2D eigenvalue weighted by atomic mass is 9.68. The highest BCUT2D eigenvalue weighted by Crippen LogP contribution is 2.44. The van der Waals surface area contributed by atoms with Gasteiger partial charge in [-0.2, -0.15) is 0 Å². The van der Waals surface area contributed by atoms with E-state index in [9.17, 15) is 0 Å². The minimum absolute atomic E-state index is 0.746. The molecule has 0 spiro atoms. The SMILES string of the molecule is CCCCCCC1(CCCCCC)CC[CH]CC1. The summed E-state index contributed by atoms with van der Waals surface area (Å²) >= 11 is 0. The molecular weight excluding hydrogens is 216 g/mol. The first kappa shape index (κ1) is 16.1. The molecule has 18 heavy (non-hydrogen) atoms. The summed E-state index contributed by atoms with van der Waals surface area (Å²) < 4.78 is 0. The van der Waals surface area contributed by atoms with Gasteiger partial charge in [-0.1, -0.05) is 65.2 Å². The first-order valence-electron chi connectivity index (χ1n) is 8.64. The smallest absolute Gasteiger partial charge is 0.0297 e. The lowest BCUT2D eigenvalue weighted by Crippen LogP contribution is -2.24. The second-order valence-corrected chi connectivity index (χ2v) is 6.49. The molecule has 0 unspecified atom stereocenters. The van der Waals surface area contributed by atoms with Crippen LogP contribution in [-0.4, -0.2) is 0 Å². The first-order valence-corrected chi connectivity index (χ1v) is 8.64. The number of unbranched alkanes of at least 4 members (excludes halogenated alkanes) is 6. The third-order valence-electron chi connectivity index (χ3n) is 4.88. The molecule has 1 radical (unpaired) electrons. The molecule has 1 rings (SSSR count). The van der Waals surface area contributed by atoms with Gasteiger partial charge in [0, 0.05) is 0 Å². The van der Waals surface area contributed by atoms with Crippen molar-refractivity contribution in [3.05, 3.63) is 6.42 Å². The van der Waals surface area contributed by atoms with Gasteiger partial charge in [-0.15, -0.1) is 0 Å². The second-order valence-electron chi connectivity index (χ2n) is 6.49. The standard InChI is InChI=1S/C18H35/c1-3-5-7-10-14-18(15-11-8-6-4-2)16-12-9-13-17-18/h9H,3-8,10-17H2,1-2H3. The monoisotopic (exact) mass is 251 g/mol. The average molecular weight is 251 g/mol. The molecule has 0 atom stereocenters. The molecule has 0 bridgehead atoms. The van der Waals surface area contributed by atoms with E-state index in [-0.39, 0.29) is 0 Å². The van der Waals surface area contributed by atoms with Gasteiger partial charge in [-0.25, -0.2) is 0 Å². The fourth-order valence-corrected chi connectivity index (χ4v) is 3.56. The molecule has 1 aliphatic rings. The Labute approximate surface area is 116 Å². The lowest BCUT2D eigenvalue weighted by Gasteiger charge is -2.38. The van der Waals surface area contributed by atoms with Crippen LogP contribution >= 0.6 is 0 Å². The quantitative estimate of drug-likeness (QED) is 0.379. The molecule has 0 aliphatic heterocycles. The summed E-state index contributed by atoms with van der Waals surface area (Å²) in [5.74, 6) is 0. The van der Waals surface area contributed by atoms with Crippen LogP contribution in [-0.2, 0) is 0 Å². The Kier molecular flexibility index (Phi) is 8.80. The van der Waals surface area contributed by atoms with Crippen molar-refractivity contribution in [1.29, 1.82) is 0 Å². The van der Waals surface area contributed by atoms with Gasteiger partial charge >= 0.3 is 0 Å². The van der Waals surface area contributed by atoms with Crippen LogP contribution in [0.5, 0.6) is 0 Å². The zero-order chi connectivity index (χ0) is 13.1. The molecule has 0 aromatic rings. The molecule has 0 heteroatoms. The van der Waals surface area contributed by atoms with Gasteiger partial charge in [0.15, 0.2) is 0 Å². The van der Waals surface area contributed by atoms with Crippen molar-refractivity contribution >= 4 is 0 Å². The molecule has 0 amide bonds. The van der Waals surface area contributed by atoms with Gasteiger partial charge < -0.3 is 0 Å². The molecule has 0 aromatic heterocycles. The van der Waals surface area contributed by atoms with Crippen LogP contribution in [0.15, 0.2) is 0 Å². The van der Waals surface area contributed by atoms with Crippen LogP contribution in [0.4, 0.5) is 0 Å². The first-order chi connectivity index (χ1) is 8.83. The maximum atomic E-state index is 2.52. The predicted octanol–water partition coefficient (Wildman–Crippen LogP) is 6.69. The van der Waals surface area contributed by atoms with Crippen molar-refractivity contribution in [3.8, 4) is 0 Å². The van der Waals surface area contributed by atoms with Crippen molar-refractivity contribution in [2.75, 3.05) is 0 Å². The van der Waals surface area contributed by atoms with Gasteiger partial charge in [-0.3, -0.25) is 0 Å². The zero-order valence-corrected chi connectivity index (χ0v) is 13.0. The van der Waals surface area contributed by atoms with Gasteiger partial charge in [0.1, 0.15) is 0 Å². The third kappa shape index (κ3) is 6.25. The van der Waals surface area contributed by atoms with Crippen LogP contribution in [0.3, 0.4) is 0 Å². The Balaban J connectivity index is 2.27. The molecule has 107 valence electrons. The van der Waals surface area contributed by atoms with Crippen LogP contribution in [0.25, 0.3) is 0 Å². The Morgan fingerprint density at radius 3 is 1.67 bits per heavy atom. The maximum absolute atomic E-state index is 2.52. The number of rotatable bonds is 10. The molecule has 0 nitrogen and oxygen atoms in total. The van der Waals surface area contributed by atoms with Crippen molar-refractivity contribution < 1.29 is 0 Å². The molecule has 1 aliphatic carbocycles. The van der Waals surface area contributed by atoms with Gasteiger partial charge in [0.25, 0.3) is 0 Å². The normalized spacial score (nSPS) is 19.0. The van der Waals surface area contributed by atoms with E-state index < -0.39 is 0 Å². The third-order valence-corrected chi connectivity index (χ3v) is 4.88. The van der Waals surface area contributed by atoms with E-state index in [0.29, 0.717) is 0 Å². The fourth-order valence-electron chi connectivity index (χ4n) is 3.56. The highest BCUT2D eigenvalue weighted by molar-refractivity contribution is 4.88. The summed E-state index contributed by atoms with van der Waals surface area (Å²) in [4.78, 5) is 0. The average Bonchev–Trinajstić information content (AvgIpc) is 2.41. The highest BCUT2D eigenvalue weighted by atomic mass is 14.4. The lowest BCUT2D eigenvalue weighted by molar-refractivity contribution is 0.165. The Morgan fingerprint density at radius 1 is 0.722 bits per heavy atom. The molecule has 0 aromatic carbocycles. The molecule has 1 fully saturated rings. The Hall–Kier alpha value is 0. The van der Waals surface area contributed by atoms with E-state index in [1.807, 2.05) is 0 Å². The molecule has 0 heterocycles. The van der Waals surface area contributed by atoms with Crippen molar-refractivity contribution in [1.82, 2.24) is 0 Å². The number of hydrogen-bond donors (Lipinski definition) is 0. The Morgan fingerprint density at radius 2 is 1.22 bits per heavy atom. The molecular formula is C18H35. The highest BCUT2D eigenvalue weighted by Gasteiger charge is 2.30. The van der Waals surface area contributed by atoms with E-state index in [4.69, 9.17) is 0 Å². The number of hydrogen-bond acceptors (Lipinski definition) is 0. The van der Waals surface area contributed by atoms with E-state index in [1.165, 1.54) is 89.9 Å². The summed E-state index contributed by atoms with van der Waals surface area (Å²) in [5, 5.41) is 0. The summed E-state index contributed by atoms with van der Waals surface area (Å²) in [7, 11) is 0. The van der Waals surface area contributed by atoms with Crippen LogP contribution in [0.2, 0.25) is 0 Å². The van der Waals surface area contributed by atoms with Crippen molar-refractivity contribution in [2.45, 2.75) is 104 Å². The molecule has 0 saturated heterocycles. The van der Waals surface area contributed by atoms with E-state index in [0.717, 1.165) is 5.41 Å². The van der Waals surface area contributed by atoms with Gasteiger partial charge in [0.05, 0.1) is 0 Å². The predicted molar refractivity (Wildman–Crippen MR) is 82.7 cm³/mol. The largest absolute Gasteiger partial charge is 0.0654 e. The van der Waals surface area contributed by atoms with Crippen LogP contribution in [0.1, 0.15) is 104 Å². The summed E-state index contributed by atoms with van der Waals surface area (Å²) in [6.45, 7) is 4.63. The van der Waals surface area contributed by atoms with Crippen molar-refractivity contribution in [3.63, 3.8) is 0 Å². The minimum Gasteiger partial charge on any atom is -0.0654 e. The molecule has 1 saturated carbocycles. The molecule has 0 N–H and O–H groups in total. The van der Waals surface area contributed by atoms with E-state index in [1.54, 1.807) is 0 Å². The van der Waals surface area contributed by atoms with E-state index in [2.05, 4.69) is 20.3 Å². The van der Waals surface area contributed by atoms with Gasteiger partial charge in [-0.05, 0) is 50.4 Å². The minimum atomic E-state index is 0.746. The topological polar surface area (TPSA) is 0 Å². The zero-order valence-electron chi connectivity index (χ0n) is 13.0. The summed E-state index contributed by atoms with van der Waals surface area (Å²) in [6.07, 6.45) is 22.9. The fraction of sp³-hybridized carbons (Fsp3) is 0.944. The maximum Gasteiger partial charge on any atom is -0.0297 e. The Bertz CT molecular complexity index is 162. The summed E-state index contributed by atoms with van der Waals surface area (Å²) in [5.41, 5.74) is 0.746. The van der Waals surface area contributed by atoms with Gasteiger partial charge in [0.2, 0.25) is 0 Å². The second kappa shape index (κ2) is 9.87. The van der Waals surface area contributed by atoms with Crippen LogP contribution in [0, 0.1) is 11.8 Å². The van der Waals surface area contributed by atoms with Crippen LogP contribution < -0.4 is 0 Å². The van der Waals surface area contributed by atoms with E-state index >= 15 is 0 Å². The van der Waals surface area contributed by atoms with Crippen molar-refractivity contribution in [2.24, 2.45) is 5.41 Å².